The fraction of sp³-hybridized carbons (Fsp3) is 0.409. The minimum absolute atomic E-state index is 0.180. The number of alkyl halides is 3. The van der Waals surface area contributed by atoms with Gasteiger partial charge in [-0.25, -0.2) is 13.1 Å². The normalized spacial score (nSPS) is 20.5. The summed E-state index contributed by atoms with van der Waals surface area (Å²) in [6.07, 6.45) is -2.24. The van der Waals surface area contributed by atoms with Crippen molar-refractivity contribution >= 4 is 33.0 Å². The molecule has 1 N–H and O–H groups in total. The Bertz CT molecular complexity index is 1380. The number of ether oxygens (including phenoxy) is 1. The van der Waals surface area contributed by atoms with Crippen molar-refractivity contribution < 1.29 is 41.0 Å². The molecule has 2 aromatic rings. The zero-order valence-electron chi connectivity index (χ0n) is 18.5. The van der Waals surface area contributed by atoms with Gasteiger partial charge in [0.15, 0.2) is 21.3 Å². The van der Waals surface area contributed by atoms with Crippen molar-refractivity contribution in [1.29, 1.82) is 0 Å². The Morgan fingerprint density at radius 2 is 1.94 bits per heavy atom. The van der Waals surface area contributed by atoms with Crippen LogP contribution in [-0.4, -0.2) is 41.1 Å². The molecule has 2 aliphatic carbocycles. The van der Waals surface area contributed by atoms with E-state index in [-0.39, 0.29) is 50.1 Å². The number of rotatable bonds is 6. The second-order valence-electron chi connectivity index (χ2n) is 8.61. The third-order valence-corrected chi connectivity index (χ3v) is 7.87. The van der Waals surface area contributed by atoms with Crippen LogP contribution >= 0.6 is 11.6 Å². The van der Waals surface area contributed by atoms with Crippen LogP contribution < -0.4 is 4.74 Å². The lowest BCUT2D eigenvalue weighted by atomic mass is 9.83. The van der Waals surface area contributed by atoms with Gasteiger partial charge in [-0.2, -0.15) is 18.3 Å². The second kappa shape index (κ2) is 8.66. The maximum atomic E-state index is 13.3. The van der Waals surface area contributed by atoms with E-state index in [1.165, 1.54) is 7.05 Å². The molecule has 0 aliphatic heterocycles. The number of aliphatic hydroxyl groups is 1. The van der Waals surface area contributed by atoms with Crippen molar-refractivity contribution in [3.05, 3.63) is 51.4 Å². The molecule has 1 heterocycles. The van der Waals surface area contributed by atoms with Gasteiger partial charge in [0, 0.05) is 42.3 Å². The van der Waals surface area contributed by atoms with Crippen LogP contribution in [0, 0.1) is 11.8 Å². The first-order valence-electron chi connectivity index (χ1n) is 10.5. The van der Waals surface area contributed by atoms with Gasteiger partial charge >= 0.3 is 6.18 Å². The highest BCUT2D eigenvalue weighted by Crippen LogP contribution is 2.44. The Hall–Kier alpha value is -2.86. The van der Waals surface area contributed by atoms with Crippen LogP contribution in [-0.2, 0) is 34.5 Å². The maximum Gasteiger partial charge on any atom is 0.435 e. The molecule has 1 saturated carbocycles. The van der Waals surface area contributed by atoms with E-state index in [4.69, 9.17) is 16.3 Å². The Balaban J connectivity index is 1.74. The summed E-state index contributed by atoms with van der Waals surface area (Å²) in [5.41, 5.74) is -1.98. The van der Waals surface area contributed by atoms with Crippen LogP contribution in [0.5, 0.6) is 5.88 Å². The molecule has 2 atom stereocenters. The molecular weight excluding hydrogens is 513 g/mol. The molecule has 2 bridgehead atoms. The quantitative estimate of drug-likeness (QED) is 0.440. The number of carbonyl (C=O) groups excluding carboxylic acids is 2. The van der Waals surface area contributed by atoms with Gasteiger partial charge in [-0.3, -0.25) is 9.59 Å². The number of carbonyl (C=O) groups is 2. The van der Waals surface area contributed by atoms with Crippen molar-refractivity contribution in [2.75, 3.05) is 6.26 Å². The minimum Gasteiger partial charge on any atom is -0.511 e. The number of sulfone groups is 1. The maximum absolute atomic E-state index is 13.3. The van der Waals surface area contributed by atoms with Crippen LogP contribution in [0.25, 0.3) is 0 Å². The number of fused-ring (bicyclic) bond motifs is 2. The van der Waals surface area contributed by atoms with Gasteiger partial charge in [-0.15, -0.1) is 0 Å². The number of allylic oxidation sites excluding steroid dienone is 2. The summed E-state index contributed by atoms with van der Waals surface area (Å²) in [6, 6.07) is 2.89. The molecule has 1 fully saturated rings. The molecule has 8 nitrogen and oxygen atoms in total. The van der Waals surface area contributed by atoms with Crippen molar-refractivity contribution in [3.63, 3.8) is 0 Å². The molecule has 4 rings (SSSR count). The number of aliphatic hydroxyl groups excluding tert-OH is 1. The lowest BCUT2D eigenvalue weighted by Gasteiger charge is -2.21. The standard InChI is InChI=1S/C22H20ClF3N2O6S/c1-28-16(8-15(27-28)22(24,25)26)34-9-13-14(35(2,32)33)6-5-12(18(13)23)21(31)17-19(29)10-3-4-11(7-10)20(17)30/h5-6,8,10-11,29H,3-4,7,9H2,1-2H3. The van der Waals surface area contributed by atoms with Crippen LogP contribution in [0.15, 0.2) is 34.4 Å². The third-order valence-electron chi connectivity index (χ3n) is 6.26. The average Bonchev–Trinajstić information content (AvgIpc) is 3.36. The molecule has 0 radical (unpaired) electrons. The topological polar surface area (TPSA) is 116 Å². The lowest BCUT2D eigenvalue weighted by Crippen LogP contribution is -2.27. The van der Waals surface area contributed by atoms with E-state index in [2.05, 4.69) is 5.10 Å². The Labute approximate surface area is 203 Å². The number of benzene rings is 1. The number of Topliss-reactive ketones (excluding diaryl/α,β-unsaturated/α-hetero) is 2. The zero-order chi connectivity index (χ0) is 25.9. The number of aryl methyl sites for hydroxylation is 1. The molecule has 0 spiro atoms. The van der Waals surface area contributed by atoms with E-state index < -0.39 is 39.9 Å². The number of hydrogen-bond donors (Lipinski definition) is 1. The van der Waals surface area contributed by atoms with Gasteiger partial charge < -0.3 is 9.84 Å². The number of ketones is 2. The number of halogens is 4. The van der Waals surface area contributed by atoms with Gasteiger partial charge in [0.05, 0.1) is 9.92 Å². The van der Waals surface area contributed by atoms with E-state index in [9.17, 15) is 36.3 Å². The zero-order valence-corrected chi connectivity index (χ0v) is 20.1. The molecule has 2 aliphatic rings. The van der Waals surface area contributed by atoms with Crippen LogP contribution in [0.3, 0.4) is 0 Å². The predicted molar refractivity (Wildman–Crippen MR) is 117 cm³/mol. The van der Waals surface area contributed by atoms with Crippen molar-refractivity contribution in [1.82, 2.24) is 9.78 Å². The number of aromatic nitrogens is 2. The largest absolute Gasteiger partial charge is 0.511 e. The van der Waals surface area contributed by atoms with Crippen LogP contribution in [0.4, 0.5) is 13.2 Å². The highest BCUT2D eigenvalue weighted by atomic mass is 35.5. The van der Waals surface area contributed by atoms with E-state index in [1.54, 1.807) is 0 Å². The lowest BCUT2D eigenvalue weighted by molar-refractivity contribution is -0.141. The smallest absolute Gasteiger partial charge is 0.435 e. The Morgan fingerprint density at radius 3 is 2.54 bits per heavy atom. The van der Waals surface area contributed by atoms with E-state index in [1.807, 2.05) is 0 Å². The summed E-state index contributed by atoms with van der Waals surface area (Å²) in [4.78, 5) is 25.7. The van der Waals surface area contributed by atoms with Crippen molar-refractivity contribution in [2.24, 2.45) is 18.9 Å². The van der Waals surface area contributed by atoms with E-state index in [0.29, 0.717) is 25.3 Å². The van der Waals surface area contributed by atoms with Gasteiger partial charge in [-0.05, 0) is 31.4 Å². The van der Waals surface area contributed by atoms with Crippen molar-refractivity contribution in [2.45, 2.75) is 36.9 Å². The fourth-order valence-electron chi connectivity index (χ4n) is 4.50. The monoisotopic (exact) mass is 532 g/mol. The van der Waals surface area contributed by atoms with E-state index >= 15 is 0 Å². The predicted octanol–water partition coefficient (Wildman–Crippen LogP) is 4.07. The highest BCUT2D eigenvalue weighted by molar-refractivity contribution is 7.90. The first-order valence-corrected chi connectivity index (χ1v) is 12.7. The summed E-state index contributed by atoms with van der Waals surface area (Å²) in [6.45, 7) is -0.608. The first kappa shape index (κ1) is 25.2. The highest BCUT2D eigenvalue weighted by Gasteiger charge is 2.44. The van der Waals surface area contributed by atoms with Gasteiger partial charge in [0.25, 0.3) is 0 Å². The first-order chi connectivity index (χ1) is 16.2. The molecule has 1 aromatic heterocycles. The SMILES string of the molecule is Cn1nc(C(F)(F)F)cc1OCc1c(S(C)(=O)=O)ccc(C(=O)C2=C(O)C3CCC(C3)C2=O)c1Cl. The van der Waals surface area contributed by atoms with Gasteiger partial charge in [0.2, 0.25) is 11.7 Å². The van der Waals surface area contributed by atoms with E-state index in [0.717, 1.165) is 23.1 Å². The number of nitrogens with zero attached hydrogens (tertiary/aromatic N) is 2. The number of hydrogen-bond acceptors (Lipinski definition) is 7. The van der Waals surface area contributed by atoms with Gasteiger partial charge in [0.1, 0.15) is 17.9 Å². The molecule has 0 saturated heterocycles. The molecule has 35 heavy (non-hydrogen) atoms. The second-order valence-corrected chi connectivity index (χ2v) is 11.0. The Morgan fingerprint density at radius 1 is 1.29 bits per heavy atom. The molecule has 0 amide bonds. The summed E-state index contributed by atoms with van der Waals surface area (Å²) in [7, 11) is -2.68. The summed E-state index contributed by atoms with van der Waals surface area (Å²) in [5, 5.41) is 13.5. The summed E-state index contributed by atoms with van der Waals surface area (Å²) < 4.78 is 69.7. The molecule has 1 aromatic carbocycles. The van der Waals surface area contributed by atoms with Gasteiger partial charge in [-0.1, -0.05) is 11.6 Å². The summed E-state index contributed by atoms with van der Waals surface area (Å²) >= 11 is 6.42. The molecule has 188 valence electrons. The third kappa shape index (κ3) is 4.56. The molecular formula is C22H20ClF3N2O6S. The Kier molecular flexibility index (Phi) is 6.25. The van der Waals surface area contributed by atoms with Crippen LogP contribution in [0.2, 0.25) is 5.02 Å². The average molecular weight is 533 g/mol. The minimum atomic E-state index is -4.72. The molecule has 2 unspecified atom stereocenters. The summed E-state index contributed by atoms with van der Waals surface area (Å²) in [5.74, 6) is -2.64. The molecule has 13 heteroatoms. The van der Waals surface area contributed by atoms with Crippen molar-refractivity contribution in [3.8, 4) is 5.88 Å². The van der Waals surface area contributed by atoms with Crippen LogP contribution in [0.1, 0.15) is 40.9 Å². The fourth-order valence-corrected chi connectivity index (χ4v) is 5.78.